The Morgan fingerprint density at radius 1 is 1.11 bits per heavy atom. The van der Waals surface area contributed by atoms with Gasteiger partial charge >= 0.3 is 0 Å². The molecule has 0 spiro atoms. The molecule has 0 saturated heterocycles. The van der Waals surface area contributed by atoms with E-state index in [2.05, 4.69) is 6.07 Å². The largest absolute Gasteiger partial charge is 0.437 e. The fraction of sp³-hybridized carbons (Fsp3) is 0.143. The number of rotatable bonds is 5. The standard InChI is InChI=1S/C21H19N2O2PS/c1-3-26(24,16-12-8-5-9-13-16)19-20(27-2)17(14-22)18(25-21(19)23)15-10-6-4-7-11-15/h4-13,23H,3H2,1-2H3. The summed E-state index contributed by atoms with van der Waals surface area (Å²) in [6.45, 7) is 1.84. The van der Waals surface area contributed by atoms with E-state index in [0.717, 1.165) is 5.56 Å². The fourth-order valence-electron chi connectivity index (χ4n) is 3.09. The maximum Gasteiger partial charge on any atom is 0.224 e. The molecule has 1 aromatic heterocycles. The van der Waals surface area contributed by atoms with Crippen LogP contribution in [0.15, 0.2) is 70.0 Å². The molecule has 3 aromatic rings. The molecule has 1 heterocycles. The molecule has 0 amide bonds. The van der Waals surface area contributed by atoms with Crippen LogP contribution in [-0.4, -0.2) is 12.4 Å². The van der Waals surface area contributed by atoms with Crippen molar-refractivity contribution in [3.05, 3.63) is 71.8 Å². The Labute approximate surface area is 162 Å². The summed E-state index contributed by atoms with van der Waals surface area (Å²) < 4.78 is 19.8. The van der Waals surface area contributed by atoms with Gasteiger partial charge in [0.15, 0.2) is 5.76 Å². The summed E-state index contributed by atoms with van der Waals surface area (Å²) in [5.74, 6) is 0.340. The van der Waals surface area contributed by atoms with Crippen LogP contribution in [0.1, 0.15) is 12.5 Å². The summed E-state index contributed by atoms with van der Waals surface area (Å²) >= 11 is 1.33. The van der Waals surface area contributed by atoms with Crippen molar-refractivity contribution in [2.45, 2.75) is 11.8 Å². The van der Waals surface area contributed by atoms with Crippen LogP contribution in [0.3, 0.4) is 0 Å². The van der Waals surface area contributed by atoms with E-state index in [0.29, 0.717) is 33.0 Å². The summed E-state index contributed by atoms with van der Waals surface area (Å²) in [4.78, 5) is 0.557. The molecule has 0 fully saturated rings. The smallest absolute Gasteiger partial charge is 0.224 e. The third-order valence-corrected chi connectivity index (χ3v) is 8.56. The molecule has 0 aliphatic rings. The first-order chi connectivity index (χ1) is 13.1. The Morgan fingerprint density at radius 3 is 2.22 bits per heavy atom. The van der Waals surface area contributed by atoms with Gasteiger partial charge in [0, 0.05) is 21.9 Å². The second-order valence-electron chi connectivity index (χ2n) is 5.89. The van der Waals surface area contributed by atoms with Crippen LogP contribution in [0.5, 0.6) is 0 Å². The summed E-state index contributed by atoms with van der Waals surface area (Å²) in [5, 5.41) is 19.4. The summed E-state index contributed by atoms with van der Waals surface area (Å²) in [6, 6.07) is 20.6. The van der Waals surface area contributed by atoms with E-state index in [1.807, 2.05) is 73.8 Å². The van der Waals surface area contributed by atoms with Gasteiger partial charge in [0.2, 0.25) is 5.55 Å². The number of nitrogens with zero attached hydrogens (tertiary/aromatic N) is 1. The van der Waals surface area contributed by atoms with Crippen LogP contribution in [0.2, 0.25) is 0 Å². The average Bonchev–Trinajstić information content (AvgIpc) is 2.73. The van der Waals surface area contributed by atoms with Gasteiger partial charge in [-0.1, -0.05) is 67.6 Å². The number of thioether (sulfide) groups is 1. The highest BCUT2D eigenvalue weighted by atomic mass is 32.2. The predicted octanol–water partition coefficient (Wildman–Crippen LogP) is 4.35. The highest BCUT2D eigenvalue weighted by molar-refractivity contribution is 7.99. The van der Waals surface area contributed by atoms with E-state index in [9.17, 15) is 9.83 Å². The molecule has 0 saturated carbocycles. The molecule has 3 rings (SSSR count). The molecule has 6 heteroatoms. The minimum absolute atomic E-state index is 0.147. The lowest BCUT2D eigenvalue weighted by Crippen LogP contribution is -2.32. The lowest BCUT2D eigenvalue weighted by atomic mass is 10.1. The molecule has 136 valence electrons. The molecular formula is C21H19N2O2PS. The molecule has 1 N–H and O–H groups in total. The Morgan fingerprint density at radius 2 is 1.70 bits per heavy atom. The zero-order chi connectivity index (χ0) is 19.4. The first-order valence-electron chi connectivity index (χ1n) is 8.47. The SMILES string of the molecule is CCP(=O)(c1ccccc1)c1c(SC)c(C#N)c(-c2ccccc2)oc1=N. The number of hydrogen-bond donors (Lipinski definition) is 1. The molecule has 0 bridgehead atoms. The molecular weight excluding hydrogens is 375 g/mol. The van der Waals surface area contributed by atoms with Crippen LogP contribution < -0.4 is 16.2 Å². The van der Waals surface area contributed by atoms with Crippen LogP contribution in [0.25, 0.3) is 11.3 Å². The van der Waals surface area contributed by atoms with Gasteiger partial charge in [-0.05, 0) is 6.26 Å². The first kappa shape index (κ1) is 19.2. The van der Waals surface area contributed by atoms with Crippen molar-refractivity contribution in [2.75, 3.05) is 12.4 Å². The minimum atomic E-state index is -3.10. The molecule has 0 aliphatic carbocycles. The van der Waals surface area contributed by atoms with Gasteiger partial charge in [-0.2, -0.15) is 5.26 Å². The predicted molar refractivity (Wildman–Crippen MR) is 110 cm³/mol. The van der Waals surface area contributed by atoms with E-state index in [1.54, 1.807) is 0 Å². The Balaban J connectivity index is 2.38. The zero-order valence-corrected chi connectivity index (χ0v) is 16.8. The van der Waals surface area contributed by atoms with Crippen molar-refractivity contribution >= 4 is 29.5 Å². The van der Waals surface area contributed by atoms with Crippen LogP contribution in [0, 0.1) is 16.7 Å². The van der Waals surface area contributed by atoms with Gasteiger partial charge in [-0.15, -0.1) is 11.8 Å². The van der Waals surface area contributed by atoms with Crippen molar-refractivity contribution < 1.29 is 8.98 Å². The van der Waals surface area contributed by atoms with Crippen LogP contribution >= 0.6 is 18.9 Å². The van der Waals surface area contributed by atoms with E-state index >= 15 is 0 Å². The van der Waals surface area contributed by atoms with Gasteiger partial charge in [-0.3, -0.25) is 5.41 Å². The third kappa shape index (κ3) is 3.39. The molecule has 1 atom stereocenters. The molecule has 0 aliphatic heterocycles. The fourth-order valence-corrected chi connectivity index (χ4v) is 6.84. The monoisotopic (exact) mass is 394 g/mol. The molecule has 4 nitrogen and oxygen atoms in total. The highest BCUT2D eigenvalue weighted by Gasteiger charge is 2.33. The van der Waals surface area contributed by atoms with Crippen molar-refractivity contribution in [2.24, 2.45) is 0 Å². The molecule has 1 unspecified atom stereocenters. The number of hydrogen-bond acceptors (Lipinski definition) is 5. The topological polar surface area (TPSA) is 77.8 Å². The highest BCUT2D eigenvalue weighted by Crippen LogP contribution is 2.45. The van der Waals surface area contributed by atoms with Crippen molar-refractivity contribution in [3.8, 4) is 17.4 Å². The summed E-state index contributed by atoms with van der Waals surface area (Å²) in [6.07, 6.45) is 2.18. The molecule has 27 heavy (non-hydrogen) atoms. The second-order valence-corrected chi connectivity index (χ2v) is 9.78. The summed E-state index contributed by atoms with van der Waals surface area (Å²) in [7, 11) is -3.10. The number of benzene rings is 2. The number of nitrogens with one attached hydrogen (secondary N) is 1. The lowest BCUT2D eigenvalue weighted by Gasteiger charge is -2.21. The second kappa shape index (κ2) is 8.00. The third-order valence-electron chi connectivity index (χ3n) is 4.42. The van der Waals surface area contributed by atoms with E-state index in [1.165, 1.54) is 11.8 Å². The lowest BCUT2D eigenvalue weighted by molar-refractivity contribution is 0.499. The van der Waals surface area contributed by atoms with E-state index in [4.69, 9.17) is 9.83 Å². The minimum Gasteiger partial charge on any atom is -0.437 e. The van der Waals surface area contributed by atoms with Gasteiger partial charge in [0.05, 0.1) is 5.30 Å². The number of nitriles is 1. The van der Waals surface area contributed by atoms with Crippen LogP contribution in [0.4, 0.5) is 0 Å². The van der Waals surface area contributed by atoms with Crippen LogP contribution in [-0.2, 0) is 4.57 Å². The maximum absolute atomic E-state index is 14.0. The van der Waals surface area contributed by atoms with Gasteiger partial charge < -0.3 is 8.98 Å². The van der Waals surface area contributed by atoms with Gasteiger partial charge in [0.1, 0.15) is 18.8 Å². The zero-order valence-electron chi connectivity index (χ0n) is 15.1. The van der Waals surface area contributed by atoms with E-state index in [-0.39, 0.29) is 5.55 Å². The van der Waals surface area contributed by atoms with E-state index < -0.39 is 7.14 Å². The van der Waals surface area contributed by atoms with Gasteiger partial charge in [-0.25, -0.2) is 0 Å². The quantitative estimate of drug-likeness (QED) is 0.515. The first-order valence-corrected chi connectivity index (χ1v) is 11.6. The summed E-state index contributed by atoms with van der Waals surface area (Å²) in [5.41, 5.74) is 0.894. The van der Waals surface area contributed by atoms with Crippen molar-refractivity contribution in [3.63, 3.8) is 0 Å². The normalized spacial score (nSPS) is 12.9. The van der Waals surface area contributed by atoms with Crippen molar-refractivity contribution in [1.29, 1.82) is 10.7 Å². The molecule has 0 radical (unpaired) electrons. The molecule has 2 aromatic carbocycles. The Bertz CT molecular complexity index is 1100. The Hall–Kier alpha value is -2.54. The Kier molecular flexibility index (Phi) is 5.70. The van der Waals surface area contributed by atoms with Crippen molar-refractivity contribution in [1.82, 2.24) is 0 Å². The maximum atomic E-state index is 14.0. The van der Waals surface area contributed by atoms with Gasteiger partial charge in [0.25, 0.3) is 0 Å². The average molecular weight is 394 g/mol.